The van der Waals surface area contributed by atoms with Gasteiger partial charge < -0.3 is 14.8 Å². The van der Waals surface area contributed by atoms with E-state index in [9.17, 15) is 23.2 Å². The van der Waals surface area contributed by atoms with Gasteiger partial charge in [-0.1, -0.05) is 51.3 Å². The molecule has 192 valence electrons. The minimum atomic E-state index is -4.57. The molecular weight excluding hydrogens is 596 g/mol. The number of carbonyl (C=O) groups is 1. The van der Waals surface area contributed by atoms with Gasteiger partial charge in [0, 0.05) is 25.8 Å². The molecule has 1 amide bonds. The Bertz CT molecular complexity index is 1390. The minimum absolute atomic E-state index is 0.0975. The Morgan fingerprint density at radius 1 is 1.11 bits per heavy atom. The molecule has 0 bridgehead atoms. The molecule has 0 unspecified atom stereocenters. The van der Waals surface area contributed by atoms with Crippen LogP contribution in [0.15, 0.2) is 64.6 Å². The van der Waals surface area contributed by atoms with Crippen LogP contribution in [0.3, 0.4) is 0 Å². The Balaban J connectivity index is 1.85. The van der Waals surface area contributed by atoms with Gasteiger partial charge in [0.15, 0.2) is 11.5 Å². The minimum Gasteiger partial charge on any atom is -0.490 e. The van der Waals surface area contributed by atoms with Crippen LogP contribution < -0.4 is 14.8 Å². The van der Waals surface area contributed by atoms with Gasteiger partial charge in [0.1, 0.15) is 18.2 Å². The predicted octanol–water partition coefficient (Wildman–Crippen LogP) is 8.30. The number of halogens is 6. The lowest BCUT2D eigenvalue weighted by Gasteiger charge is -2.15. The van der Waals surface area contributed by atoms with Crippen molar-refractivity contribution in [2.24, 2.45) is 0 Å². The highest BCUT2D eigenvalue weighted by molar-refractivity contribution is 9.10. The molecule has 11 heteroatoms. The Kier molecular flexibility index (Phi) is 9.49. The number of rotatable bonds is 8. The molecule has 0 aliphatic carbocycles. The van der Waals surface area contributed by atoms with Gasteiger partial charge >= 0.3 is 6.18 Å². The van der Waals surface area contributed by atoms with Crippen LogP contribution in [0.5, 0.6) is 11.5 Å². The number of hydrogen-bond acceptors (Lipinski definition) is 4. The number of nitrogens with zero attached hydrogens (tertiary/aromatic N) is 1. The maximum absolute atomic E-state index is 13.0. The molecule has 0 aliphatic heterocycles. The number of carbonyl (C=O) groups excluding carboxylic acids is 1. The third kappa shape index (κ3) is 7.65. The highest BCUT2D eigenvalue weighted by atomic mass is 79.9. The summed E-state index contributed by atoms with van der Waals surface area (Å²) in [5.41, 5.74) is -0.239. The average molecular weight is 614 g/mol. The number of benzene rings is 3. The Labute approximate surface area is 229 Å². The SMILES string of the molecule is CCOc1cc(/C=C(\C#N)C(=O)Nc2cccc(C(F)(F)F)c2)c(Br)cc1OCc1ccc(Cl)cc1Cl. The van der Waals surface area contributed by atoms with Crippen LogP contribution in [-0.2, 0) is 17.6 Å². The van der Waals surface area contributed by atoms with Crippen molar-refractivity contribution in [1.29, 1.82) is 5.26 Å². The first kappa shape index (κ1) is 28.4. The zero-order valence-electron chi connectivity index (χ0n) is 19.1. The van der Waals surface area contributed by atoms with E-state index in [0.29, 0.717) is 43.8 Å². The van der Waals surface area contributed by atoms with Crippen molar-refractivity contribution in [3.8, 4) is 17.6 Å². The molecule has 0 radical (unpaired) electrons. The largest absolute Gasteiger partial charge is 0.490 e. The maximum Gasteiger partial charge on any atom is 0.416 e. The molecule has 0 atom stereocenters. The number of alkyl halides is 3. The Hall–Kier alpha value is -3.19. The van der Waals surface area contributed by atoms with Crippen molar-refractivity contribution in [3.05, 3.63) is 91.4 Å². The van der Waals surface area contributed by atoms with E-state index >= 15 is 0 Å². The number of nitriles is 1. The summed E-state index contributed by atoms with van der Waals surface area (Å²) in [4.78, 5) is 12.6. The third-order valence-electron chi connectivity index (χ3n) is 4.87. The highest BCUT2D eigenvalue weighted by Gasteiger charge is 2.30. The molecule has 0 heterocycles. The van der Waals surface area contributed by atoms with E-state index in [4.69, 9.17) is 32.7 Å². The lowest BCUT2D eigenvalue weighted by atomic mass is 10.1. The van der Waals surface area contributed by atoms with E-state index in [0.717, 1.165) is 18.2 Å². The van der Waals surface area contributed by atoms with E-state index in [1.54, 1.807) is 43.3 Å². The number of amides is 1. The van der Waals surface area contributed by atoms with Crippen LogP contribution >= 0.6 is 39.1 Å². The summed E-state index contributed by atoms with van der Waals surface area (Å²) in [5.74, 6) is -0.147. The molecular formula is C26H18BrCl2F3N2O3. The summed E-state index contributed by atoms with van der Waals surface area (Å²) in [6.45, 7) is 2.21. The van der Waals surface area contributed by atoms with E-state index in [1.807, 2.05) is 0 Å². The summed E-state index contributed by atoms with van der Waals surface area (Å²) in [7, 11) is 0. The van der Waals surface area contributed by atoms with Gasteiger partial charge in [-0.2, -0.15) is 18.4 Å². The normalized spacial score (nSPS) is 11.6. The van der Waals surface area contributed by atoms with Crippen LogP contribution in [-0.4, -0.2) is 12.5 Å². The molecule has 1 N–H and O–H groups in total. The van der Waals surface area contributed by atoms with Crippen molar-refractivity contribution < 1.29 is 27.4 Å². The van der Waals surface area contributed by atoms with Crippen molar-refractivity contribution in [3.63, 3.8) is 0 Å². The summed E-state index contributed by atoms with van der Waals surface area (Å²) in [5, 5.41) is 12.8. The first-order valence-electron chi connectivity index (χ1n) is 10.6. The number of anilines is 1. The van der Waals surface area contributed by atoms with Crippen molar-refractivity contribution in [2.75, 3.05) is 11.9 Å². The molecule has 0 saturated carbocycles. The second-order valence-corrected chi connectivity index (χ2v) is 9.18. The Morgan fingerprint density at radius 2 is 1.84 bits per heavy atom. The van der Waals surface area contributed by atoms with Gasteiger partial charge in [0.2, 0.25) is 0 Å². The predicted molar refractivity (Wildman–Crippen MR) is 140 cm³/mol. The second kappa shape index (κ2) is 12.4. The van der Waals surface area contributed by atoms with Crippen molar-refractivity contribution in [1.82, 2.24) is 0 Å². The number of ether oxygens (including phenoxy) is 2. The topological polar surface area (TPSA) is 71.3 Å². The maximum atomic E-state index is 13.0. The molecule has 37 heavy (non-hydrogen) atoms. The summed E-state index contributed by atoms with van der Waals surface area (Å²) >= 11 is 15.5. The van der Waals surface area contributed by atoms with Crippen LogP contribution in [0.4, 0.5) is 18.9 Å². The average Bonchev–Trinajstić information content (AvgIpc) is 2.83. The molecule has 0 fully saturated rings. The van der Waals surface area contributed by atoms with E-state index in [2.05, 4.69) is 21.2 Å². The standard InChI is InChI=1S/C26H18BrCl2F3N2O3/c1-2-36-23-9-16(21(27)12-24(23)37-14-15-6-7-19(28)11-22(15)29)8-17(13-33)25(35)34-20-5-3-4-18(10-20)26(30,31)32/h3-12H,2,14H2,1H3,(H,34,35)/b17-8+. The first-order chi connectivity index (χ1) is 17.5. The fraction of sp³-hybridized carbons (Fsp3) is 0.154. The molecule has 3 rings (SSSR count). The Morgan fingerprint density at radius 3 is 2.49 bits per heavy atom. The molecule has 5 nitrogen and oxygen atoms in total. The summed E-state index contributed by atoms with van der Waals surface area (Å²) in [6, 6.07) is 14.1. The van der Waals surface area contributed by atoms with E-state index < -0.39 is 17.6 Å². The number of nitrogens with one attached hydrogen (secondary N) is 1. The molecule has 0 aromatic heterocycles. The zero-order chi connectivity index (χ0) is 27.2. The molecule has 0 aliphatic rings. The van der Waals surface area contributed by atoms with Gasteiger partial charge in [0.25, 0.3) is 5.91 Å². The lowest BCUT2D eigenvalue weighted by molar-refractivity contribution is -0.137. The third-order valence-corrected chi connectivity index (χ3v) is 6.15. The van der Waals surface area contributed by atoms with Gasteiger partial charge in [-0.3, -0.25) is 4.79 Å². The highest BCUT2D eigenvalue weighted by Crippen LogP contribution is 2.36. The van der Waals surface area contributed by atoms with Gasteiger partial charge in [0.05, 0.1) is 12.2 Å². The smallest absolute Gasteiger partial charge is 0.416 e. The van der Waals surface area contributed by atoms with Gasteiger partial charge in [-0.05, 0) is 61.0 Å². The monoisotopic (exact) mass is 612 g/mol. The van der Waals surface area contributed by atoms with Crippen LogP contribution in [0.2, 0.25) is 10.0 Å². The molecule has 0 saturated heterocycles. The van der Waals surface area contributed by atoms with Crippen LogP contribution in [0, 0.1) is 11.3 Å². The second-order valence-electron chi connectivity index (χ2n) is 7.48. The van der Waals surface area contributed by atoms with Crippen molar-refractivity contribution in [2.45, 2.75) is 19.7 Å². The van der Waals surface area contributed by atoms with Crippen LogP contribution in [0.25, 0.3) is 6.08 Å². The number of hydrogen-bond donors (Lipinski definition) is 1. The molecule has 3 aromatic carbocycles. The van der Waals surface area contributed by atoms with E-state index in [-0.39, 0.29) is 17.9 Å². The first-order valence-corrected chi connectivity index (χ1v) is 12.2. The fourth-order valence-electron chi connectivity index (χ4n) is 3.11. The summed E-state index contributed by atoms with van der Waals surface area (Å²) < 4.78 is 50.9. The lowest BCUT2D eigenvalue weighted by Crippen LogP contribution is -2.14. The molecule has 0 spiro atoms. The fourth-order valence-corrected chi connectivity index (χ4v) is 4.01. The summed E-state index contributed by atoms with van der Waals surface area (Å²) in [6.07, 6.45) is -3.28. The van der Waals surface area contributed by atoms with Gasteiger partial charge in [-0.15, -0.1) is 0 Å². The van der Waals surface area contributed by atoms with Crippen LogP contribution in [0.1, 0.15) is 23.6 Å². The van der Waals surface area contributed by atoms with Gasteiger partial charge in [-0.25, -0.2) is 0 Å². The zero-order valence-corrected chi connectivity index (χ0v) is 22.2. The van der Waals surface area contributed by atoms with E-state index in [1.165, 1.54) is 12.1 Å². The molecule has 3 aromatic rings. The quantitative estimate of drug-likeness (QED) is 0.205. The van der Waals surface area contributed by atoms with Crippen molar-refractivity contribution >= 4 is 56.8 Å².